The Kier molecular flexibility index (Phi) is 4.53. The molecule has 88 valence electrons. The molecule has 0 aromatic heterocycles. The molecule has 1 fully saturated rings. The van der Waals surface area contributed by atoms with Crippen LogP contribution in [-0.4, -0.2) is 29.2 Å². The van der Waals surface area contributed by atoms with Gasteiger partial charge in [-0.05, 0) is 29.9 Å². The number of benzene rings is 1. The molecule has 2 nitrogen and oxygen atoms in total. The number of aliphatic hydroxyl groups is 1. The van der Waals surface area contributed by atoms with Gasteiger partial charge in [-0.15, -0.1) is 0 Å². The molecule has 1 saturated heterocycles. The summed E-state index contributed by atoms with van der Waals surface area (Å²) in [5, 5.41) is 14.1. The van der Waals surface area contributed by atoms with Gasteiger partial charge in [-0.2, -0.15) is 11.8 Å². The number of thioether (sulfide) groups is 1. The van der Waals surface area contributed by atoms with Gasteiger partial charge < -0.3 is 10.4 Å². The SMILES string of the molecule is OC(CNC1CCSC1)c1ccc(Cl)cc1. The Morgan fingerprint density at radius 1 is 1.44 bits per heavy atom. The topological polar surface area (TPSA) is 32.3 Å². The van der Waals surface area contributed by atoms with Crippen LogP contribution in [0.4, 0.5) is 0 Å². The monoisotopic (exact) mass is 257 g/mol. The van der Waals surface area contributed by atoms with Crippen molar-refractivity contribution in [3.05, 3.63) is 34.9 Å². The molecule has 2 N–H and O–H groups in total. The number of hydrogen-bond donors (Lipinski definition) is 2. The summed E-state index contributed by atoms with van der Waals surface area (Å²) in [4.78, 5) is 0. The second kappa shape index (κ2) is 5.92. The van der Waals surface area contributed by atoms with Crippen molar-refractivity contribution in [3.8, 4) is 0 Å². The summed E-state index contributed by atoms with van der Waals surface area (Å²) >= 11 is 7.77. The molecule has 2 atom stereocenters. The first-order chi connectivity index (χ1) is 7.75. The van der Waals surface area contributed by atoms with E-state index in [1.807, 2.05) is 36.0 Å². The first-order valence-corrected chi connectivity index (χ1v) is 7.03. The van der Waals surface area contributed by atoms with Gasteiger partial charge in [0.2, 0.25) is 0 Å². The zero-order valence-electron chi connectivity index (χ0n) is 9.03. The zero-order valence-corrected chi connectivity index (χ0v) is 10.6. The molecule has 0 aliphatic carbocycles. The van der Waals surface area contributed by atoms with E-state index in [4.69, 9.17) is 11.6 Å². The van der Waals surface area contributed by atoms with E-state index in [1.54, 1.807) is 0 Å². The van der Waals surface area contributed by atoms with E-state index in [0.29, 0.717) is 17.6 Å². The zero-order chi connectivity index (χ0) is 11.4. The summed E-state index contributed by atoms with van der Waals surface area (Å²) < 4.78 is 0. The van der Waals surface area contributed by atoms with Gasteiger partial charge in [-0.1, -0.05) is 23.7 Å². The highest BCUT2D eigenvalue weighted by atomic mass is 35.5. The van der Waals surface area contributed by atoms with Crippen LogP contribution in [0.15, 0.2) is 24.3 Å². The molecular formula is C12H16ClNOS. The highest BCUT2D eigenvalue weighted by Crippen LogP contribution is 2.19. The van der Waals surface area contributed by atoms with Crippen LogP contribution in [0.2, 0.25) is 5.02 Å². The van der Waals surface area contributed by atoms with E-state index < -0.39 is 6.10 Å². The van der Waals surface area contributed by atoms with Crippen molar-refractivity contribution >= 4 is 23.4 Å². The third-order valence-electron chi connectivity index (χ3n) is 2.78. The van der Waals surface area contributed by atoms with Gasteiger partial charge in [0.25, 0.3) is 0 Å². The number of nitrogens with one attached hydrogen (secondary N) is 1. The van der Waals surface area contributed by atoms with Gasteiger partial charge in [-0.25, -0.2) is 0 Å². The Hall–Kier alpha value is -0.220. The van der Waals surface area contributed by atoms with Crippen LogP contribution in [0.3, 0.4) is 0 Å². The second-order valence-corrected chi connectivity index (χ2v) is 5.62. The van der Waals surface area contributed by atoms with Gasteiger partial charge in [0.1, 0.15) is 0 Å². The van der Waals surface area contributed by atoms with E-state index in [0.717, 1.165) is 11.3 Å². The lowest BCUT2D eigenvalue weighted by molar-refractivity contribution is 0.171. The Morgan fingerprint density at radius 3 is 2.81 bits per heavy atom. The van der Waals surface area contributed by atoms with Crippen LogP contribution in [0, 0.1) is 0 Å². The number of rotatable bonds is 4. The van der Waals surface area contributed by atoms with Crippen molar-refractivity contribution in [1.29, 1.82) is 0 Å². The molecule has 16 heavy (non-hydrogen) atoms. The van der Waals surface area contributed by atoms with E-state index in [2.05, 4.69) is 5.32 Å². The van der Waals surface area contributed by atoms with Gasteiger partial charge in [0.15, 0.2) is 0 Å². The van der Waals surface area contributed by atoms with Crippen molar-refractivity contribution in [2.45, 2.75) is 18.6 Å². The molecular weight excluding hydrogens is 242 g/mol. The van der Waals surface area contributed by atoms with Crippen LogP contribution < -0.4 is 5.32 Å². The summed E-state index contributed by atoms with van der Waals surface area (Å²) in [6.45, 7) is 0.618. The van der Waals surface area contributed by atoms with E-state index in [1.165, 1.54) is 12.2 Å². The van der Waals surface area contributed by atoms with Gasteiger partial charge in [0.05, 0.1) is 6.10 Å². The number of halogens is 1. The smallest absolute Gasteiger partial charge is 0.0914 e. The summed E-state index contributed by atoms with van der Waals surface area (Å²) in [7, 11) is 0. The van der Waals surface area contributed by atoms with Crippen LogP contribution in [0.25, 0.3) is 0 Å². The maximum atomic E-state index is 9.96. The second-order valence-electron chi connectivity index (χ2n) is 4.04. The Balaban J connectivity index is 1.82. The molecule has 1 aromatic carbocycles. The van der Waals surface area contributed by atoms with E-state index >= 15 is 0 Å². The van der Waals surface area contributed by atoms with Crippen molar-refractivity contribution in [2.75, 3.05) is 18.1 Å². The van der Waals surface area contributed by atoms with Crippen molar-refractivity contribution < 1.29 is 5.11 Å². The Labute approximate surface area is 105 Å². The Bertz CT molecular complexity index is 324. The number of aliphatic hydroxyl groups excluding tert-OH is 1. The normalized spacial score (nSPS) is 22.2. The molecule has 4 heteroatoms. The molecule has 0 amide bonds. The summed E-state index contributed by atoms with van der Waals surface area (Å²) in [6, 6.07) is 7.93. The molecule has 1 heterocycles. The average molecular weight is 258 g/mol. The van der Waals surface area contributed by atoms with Gasteiger partial charge in [-0.3, -0.25) is 0 Å². The highest BCUT2D eigenvalue weighted by molar-refractivity contribution is 7.99. The molecule has 1 aliphatic heterocycles. The molecule has 0 radical (unpaired) electrons. The van der Waals surface area contributed by atoms with Gasteiger partial charge in [0, 0.05) is 23.4 Å². The molecule has 0 spiro atoms. The predicted molar refractivity (Wildman–Crippen MR) is 70.1 cm³/mol. The Morgan fingerprint density at radius 2 is 2.19 bits per heavy atom. The predicted octanol–water partition coefficient (Wildman–Crippen LogP) is 2.47. The maximum absolute atomic E-state index is 9.96. The lowest BCUT2D eigenvalue weighted by Gasteiger charge is -2.16. The fraction of sp³-hybridized carbons (Fsp3) is 0.500. The minimum Gasteiger partial charge on any atom is -0.387 e. The van der Waals surface area contributed by atoms with Crippen molar-refractivity contribution in [2.24, 2.45) is 0 Å². The standard InChI is InChI=1S/C12H16ClNOS/c13-10-3-1-9(2-4-10)12(15)7-14-11-5-6-16-8-11/h1-4,11-12,14-15H,5-8H2. The molecule has 0 saturated carbocycles. The molecule has 1 aromatic rings. The van der Waals surface area contributed by atoms with Crippen LogP contribution in [0.1, 0.15) is 18.1 Å². The summed E-state index contributed by atoms with van der Waals surface area (Å²) in [5.74, 6) is 2.39. The lowest BCUT2D eigenvalue weighted by atomic mass is 10.1. The minimum atomic E-state index is -0.442. The van der Waals surface area contributed by atoms with E-state index in [9.17, 15) is 5.11 Å². The average Bonchev–Trinajstić information content (AvgIpc) is 2.80. The molecule has 1 aliphatic rings. The summed E-state index contributed by atoms with van der Waals surface area (Å²) in [6.07, 6.45) is 0.765. The highest BCUT2D eigenvalue weighted by Gasteiger charge is 2.16. The van der Waals surface area contributed by atoms with Crippen LogP contribution >= 0.6 is 23.4 Å². The van der Waals surface area contributed by atoms with Gasteiger partial charge >= 0.3 is 0 Å². The third kappa shape index (κ3) is 3.39. The van der Waals surface area contributed by atoms with Crippen LogP contribution in [-0.2, 0) is 0 Å². The quantitative estimate of drug-likeness (QED) is 0.869. The molecule has 2 rings (SSSR count). The molecule has 0 bridgehead atoms. The fourth-order valence-corrected chi connectivity index (χ4v) is 3.09. The molecule has 2 unspecified atom stereocenters. The van der Waals surface area contributed by atoms with Crippen LogP contribution in [0.5, 0.6) is 0 Å². The number of hydrogen-bond acceptors (Lipinski definition) is 3. The summed E-state index contributed by atoms with van der Waals surface area (Å²) in [5.41, 5.74) is 0.919. The largest absolute Gasteiger partial charge is 0.387 e. The van der Waals surface area contributed by atoms with Crippen molar-refractivity contribution in [1.82, 2.24) is 5.32 Å². The third-order valence-corrected chi connectivity index (χ3v) is 4.20. The maximum Gasteiger partial charge on any atom is 0.0914 e. The first kappa shape index (κ1) is 12.2. The van der Waals surface area contributed by atoms with Crippen molar-refractivity contribution in [3.63, 3.8) is 0 Å². The lowest BCUT2D eigenvalue weighted by Crippen LogP contribution is -2.32. The minimum absolute atomic E-state index is 0.442. The van der Waals surface area contributed by atoms with E-state index in [-0.39, 0.29) is 0 Å². The first-order valence-electron chi connectivity index (χ1n) is 5.50. The fourth-order valence-electron chi connectivity index (χ4n) is 1.78.